The number of likely N-dealkylation sites (tertiary alicyclic amines) is 1. The second kappa shape index (κ2) is 8.23. The van der Waals surface area contributed by atoms with Crippen LogP contribution in [0.1, 0.15) is 37.9 Å². The predicted molar refractivity (Wildman–Crippen MR) is 103 cm³/mol. The quantitative estimate of drug-likeness (QED) is 0.669. The summed E-state index contributed by atoms with van der Waals surface area (Å²) >= 11 is 0. The van der Waals surface area contributed by atoms with Crippen LogP contribution in [0.4, 0.5) is 22.0 Å². The number of hydrogen-bond acceptors (Lipinski definition) is 3. The average Bonchev–Trinajstić information content (AvgIpc) is 3.15. The summed E-state index contributed by atoms with van der Waals surface area (Å²) in [5.41, 5.74) is -0.959. The molecule has 0 bridgehead atoms. The third-order valence-electron chi connectivity index (χ3n) is 6.25. The van der Waals surface area contributed by atoms with Crippen molar-refractivity contribution in [1.29, 1.82) is 0 Å². The largest absolute Gasteiger partial charge is 0.414 e. The van der Waals surface area contributed by atoms with Gasteiger partial charge in [0.2, 0.25) is 0 Å². The summed E-state index contributed by atoms with van der Waals surface area (Å²) in [5, 5.41) is 10.3. The Morgan fingerprint density at radius 1 is 1.13 bits per heavy atom. The van der Waals surface area contributed by atoms with E-state index >= 15 is 0 Å². The zero-order valence-electron chi connectivity index (χ0n) is 16.9. The van der Waals surface area contributed by atoms with Crippen molar-refractivity contribution in [2.75, 3.05) is 13.1 Å². The van der Waals surface area contributed by atoms with Crippen molar-refractivity contribution in [3.05, 3.63) is 65.5 Å². The molecular weight excluding hydrogens is 403 g/mol. The summed E-state index contributed by atoms with van der Waals surface area (Å²) < 4.78 is 67.3. The third kappa shape index (κ3) is 4.49. The second-order valence-electron chi connectivity index (χ2n) is 8.50. The van der Waals surface area contributed by atoms with Crippen LogP contribution < -0.4 is 0 Å². The van der Waals surface area contributed by atoms with Gasteiger partial charge in [-0.1, -0.05) is 12.1 Å². The van der Waals surface area contributed by atoms with Gasteiger partial charge in [-0.25, -0.2) is 8.78 Å². The Bertz CT molecular complexity index is 872. The molecule has 3 rings (SSSR count). The lowest BCUT2D eigenvalue weighted by Crippen LogP contribution is -2.49. The highest BCUT2D eigenvalue weighted by Crippen LogP contribution is 2.47. The van der Waals surface area contributed by atoms with E-state index in [1.807, 2.05) is 30.9 Å². The molecule has 2 heterocycles. The molecule has 0 saturated carbocycles. The van der Waals surface area contributed by atoms with E-state index in [0.29, 0.717) is 12.1 Å². The topological polar surface area (TPSA) is 36.4 Å². The summed E-state index contributed by atoms with van der Waals surface area (Å²) in [7, 11) is 0. The maximum atomic E-state index is 13.5. The number of benzene rings is 1. The first-order valence-corrected chi connectivity index (χ1v) is 9.81. The van der Waals surface area contributed by atoms with Gasteiger partial charge in [0.1, 0.15) is 0 Å². The summed E-state index contributed by atoms with van der Waals surface area (Å²) in [6.45, 7) is 4.15. The molecule has 3 nitrogen and oxygen atoms in total. The Morgan fingerprint density at radius 3 is 2.47 bits per heavy atom. The van der Waals surface area contributed by atoms with Gasteiger partial charge in [-0.3, -0.25) is 9.88 Å². The van der Waals surface area contributed by atoms with Crippen LogP contribution in [-0.4, -0.2) is 40.4 Å². The van der Waals surface area contributed by atoms with Crippen molar-refractivity contribution < 1.29 is 27.1 Å². The van der Waals surface area contributed by atoms with E-state index < -0.39 is 34.9 Å². The van der Waals surface area contributed by atoms with E-state index in [1.54, 1.807) is 12.3 Å². The molecule has 164 valence electrons. The van der Waals surface area contributed by atoms with Gasteiger partial charge in [-0.15, -0.1) is 0 Å². The number of aliphatic hydroxyl groups excluding tert-OH is 1. The SMILES string of the molecule is CC(C)(c1ccccn1)N1CC[C@@](CCc2ccc(F)c(F)c2)(C(O)C(F)(F)F)C1. The molecule has 2 atom stereocenters. The van der Waals surface area contributed by atoms with E-state index in [0.717, 1.165) is 17.8 Å². The number of pyridine rings is 1. The number of aromatic nitrogens is 1. The zero-order valence-corrected chi connectivity index (χ0v) is 16.9. The Hall–Kier alpha value is -2.06. The molecule has 1 aromatic carbocycles. The van der Waals surface area contributed by atoms with E-state index in [-0.39, 0.29) is 25.8 Å². The maximum absolute atomic E-state index is 13.5. The Kier molecular flexibility index (Phi) is 6.20. The lowest BCUT2D eigenvalue weighted by molar-refractivity contribution is -0.239. The molecular formula is C22H25F5N2O. The van der Waals surface area contributed by atoms with Crippen LogP contribution >= 0.6 is 0 Å². The summed E-state index contributed by atoms with van der Waals surface area (Å²) in [5.74, 6) is -2.05. The first kappa shape index (κ1) is 22.6. The van der Waals surface area contributed by atoms with Crippen molar-refractivity contribution in [3.63, 3.8) is 0 Å². The van der Waals surface area contributed by atoms with Crippen LogP contribution in [0.25, 0.3) is 0 Å². The molecule has 1 fully saturated rings. The minimum atomic E-state index is -4.78. The molecule has 1 aliphatic heterocycles. The third-order valence-corrected chi connectivity index (χ3v) is 6.25. The predicted octanol–water partition coefficient (Wildman–Crippen LogP) is 4.84. The molecule has 2 aromatic rings. The number of alkyl halides is 3. The van der Waals surface area contributed by atoms with E-state index in [1.165, 1.54) is 6.07 Å². The fraction of sp³-hybridized carbons (Fsp3) is 0.500. The van der Waals surface area contributed by atoms with E-state index in [4.69, 9.17) is 0 Å². The van der Waals surface area contributed by atoms with E-state index in [2.05, 4.69) is 4.98 Å². The molecule has 0 aliphatic carbocycles. The van der Waals surface area contributed by atoms with Crippen molar-refractivity contribution >= 4 is 0 Å². The summed E-state index contributed by atoms with van der Waals surface area (Å²) in [6, 6.07) is 8.72. The molecule has 1 aliphatic rings. The standard InChI is InChI=1S/C22H25F5N2O/c1-20(2,18-5-3-4-11-28-18)29-12-10-21(14-29,19(30)22(25,26)27)9-8-15-6-7-16(23)17(24)13-15/h3-7,11,13,19,30H,8-10,12,14H2,1-2H3/t19?,21-/m1/s1. The van der Waals surface area contributed by atoms with Crippen LogP contribution in [0.15, 0.2) is 42.6 Å². The number of halogens is 5. The van der Waals surface area contributed by atoms with Crippen LogP contribution in [0.2, 0.25) is 0 Å². The molecule has 0 spiro atoms. The Morgan fingerprint density at radius 2 is 1.87 bits per heavy atom. The second-order valence-corrected chi connectivity index (χ2v) is 8.50. The lowest BCUT2D eigenvalue weighted by Gasteiger charge is -2.39. The summed E-state index contributed by atoms with van der Waals surface area (Å²) in [4.78, 5) is 6.24. The Labute approximate surface area is 172 Å². The van der Waals surface area contributed by atoms with Gasteiger partial charge in [0.05, 0.1) is 11.2 Å². The van der Waals surface area contributed by atoms with Gasteiger partial charge < -0.3 is 5.11 Å². The minimum absolute atomic E-state index is 0.00640. The fourth-order valence-corrected chi connectivity index (χ4v) is 4.26. The van der Waals surface area contributed by atoms with Crippen LogP contribution in [0.5, 0.6) is 0 Å². The van der Waals surface area contributed by atoms with Gasteiger partial charge in [-0.2, -0.15) is 13.2 Å². The molecule has 1 saturated heterocycles. The lowest BCUT2D eigenvalue weighted by atomic mass is 9.75. The molecule has 1 N–H and O–H groups in total. The van der Waals surface area contributed by atoms with Gasteiger partial charge >= 0.3 is 6.18 Å². The Balaban J connectivity index is 1.85. The molecule has 0 radical (unpaired) electrons. The van der Waals surface area contributed by atoms with Crippen LogP contribution in [0, 0.1) is 17.0 Å². The number of aryl methyl sites for hydroxylation is 1. The molecule has 8 heteroatoms. The monoisotopic (exact) mass is 428 g/mol. The zero-order chi connectivity index (χ0) is 22.2. The van der Waals surface area contributed by atoms with Gasteiger partial charge in [0, 0.05) is 18.2 Å². The number of hydrogen-bond donors (Lipinski definition) is 1. The molecule has 1 unspecified atom stereocenters. The smallest absolute Gasteiger partial charge is 0.383 e. The number of aliphatic hydroxyl groups is 1. The normalized spacial score (nSPS) is 21.7. The highest BCUT2D eigenvalue weighted by molar-refractivity contribution is 5.19. The first-order valence-electron chi connectivity index (χ1n) is 9.81. The van der Waals surface area contributed by atoms with Crippen LogP contribution in [0.3, 0.4) is 0 Å². The molecule has 0 amide bonds. The van der Waals surface area contributed by atoms with Crippen molar-refractivity contribution in [3.8, 4) is 0 Å². The highest BCUT2D eigenvalue weighted by atomic mass is 19.4. The van der Waals surface area contributed by atoms with Crippen LogP contribution in [-0.2, 0) is 12.0 Å². The highest BCUT2D eigenvalue weighted by Gasteiger charge is 2.56. The first-order chi connectivity index (χ1) is 14.0. The van der Waals surface area contributed by atoms with Gasteiger partial charge in [0.15, 0.2) is 17.7 Å². The van der Waals surface area contributed by atoms with Gasteiger partial charge in [-0.05, 0) is 69.5 Å². The maximum Gasteiger partial charge on any atom is 0.414 e. The van der Waals surface area contributed by atoms with Crippen molar-refractivity contribution in [1.82, 2.24) is 9.88 Å². The number of nitrogens with zero attached hydrogens (tertiary/aromatic N) is 2. The molecule has 1 aromatic heterocycles. The van der Waals surface area contributed by atoms with Crippen molar-refractivity contribution in [2.45, 2.75) is 50.9 Å². The summed E-state index contributed by atoms with van der Waals surface area (Å²) in [6.07, 6.45) is -5.43. The average molecular weight is 428 g/mol. The van der Waals surface area contributed by atoms with E-state index in [9.17, 15) is 27.1 Å². The number of rotatable bonds is 6. The fourth-order valence-electron chi connectivity index (χ4n) is 4.26. The minimum Gasteiger partial charge on any atom is -0.383 e. The van der Waals surface area contributed by atoms with Gasteiger partial charge in [0.25, 0.3) is 0 Å². The molecule has 30 heavy (non-hydrogen) atoms. The van der Waals surface area contributed by atoms with Crippen molar-refractivity contribution in [2.24, 2.45) is 5.41 Å².